The lowest BCUT2D eigenvalue weighted by atomic mass is 10.1. The fourth-order valence-corrected chi connectivity index (χ4v) is 2.35. The highest BCUT2D eigenvalue weighted by molar-refractivity contribution is 7.12. The number of hydrogen-bond acceptors (Lipinski definition) is 3. The van der Waals surface area contributed by atoms with Crippen molar-refractivity contribution in [2.45, 2.75) is 6.92 Å². The first-order valence-electron chi connectivity index (χ1n) is 4.94. The van der Waals surface area contributed by atoms with Gasteiger partial charge in [0, 0.05) is 0 Å². The van der Waals surface area contributed by atoms with Crippen LogP contribution in [0.1, 0.15) is 15.2 Å². The van der Waals surface area contributed by atoms with Gasteiger partial charge in [-0.25, -0.2) is 4.79 Å². The van der Waals surface area contributed by atoms with E-state index >= 15 is 0 Å². The Bertz CT molecular complexity index is 514. The molecule has 0 saturated heterocycles. The van der Waals surface area contributed by atoms with Gasteiger partial charge in [0.15, 0.2) is 0 Å². The summed E-state index contributed by atoms with van der Waals surface area (Å²) in [6, 6.07) is 10.1. The molecule has 1 aromatic carbocycles. The van der Waals surface area contributed by atoms with Crippen LogP contribution < -0.4 is 0 Å². The second-order valence-electron chi connectivity index (χ2n) is 3.56. The Balaban J connectivity index is 2.35. The van der Waals surface area contributed by atoms with Crippen LogP contribution in [-0.2, 0) is 4.74 Å². The zero-order valence-electron chi connectivity index (χ0n) is 9.19. The highest BCUT2D eigenvalue weighted by Gasteiger charge is 2.09. The fourth-order valence-electron chi connectivity index (χ4n) is 1.52. The Kier molecular flexibility index (Phi) is 3.06. The van der Waals surface area contributed by atoms with Crippen molar-refractivity contribution < 1.29 is 9.53 Å². The lowest BCUT2D eigenvalue weighted by molar-refractivity contribution is 0.0606. The minimum Gasteiger partial charge on any atom is -0.465 e. The van der Waals surface area contributed by atoms with E-state index in [0.29, 0.717) is 4.88 Å². The quantitative estimate of drug-likeness (QED) is 0.741. The van der Waals surface area contributed by atoms with Crippen molar-refractivity contribution in [2.24, 2.45) is 0 Å². The molecule has 0 N–H and O–H groups in total. The summed E-state index contributed by atoms with van der Waals surface area (Å²) in [5.41, 5.74) is 3.41. The normalized spacial score (nSPS) is 10.1. The molecule has 16 heavy (non-hydrogen) atoms. The lowest BCUT2D eigenvalue weighted by Crippen LogP contribution is -1.96. The Labute approximate surface area is 98.5 Å². The Hall–Kier alpha value is -1.61. The second-order valence-corrected chi connectivity index (χ2v) is 4.47. The molecule has 0 radical (unpaired) electrons. The topological polar surface area (TPSA) is 26.3 Å². The lowest BCUT2D eigenvalue weighted by Gasteiger charge is -1.98. The third-order valence-electron chi connectivity index (χ3n) is 2.34. The van der Waals surface area contributed by atoms with Gasteiger partial charge in [-0.05, 0) is 29.5 Å². The zero-order valence-corrected chi connectivity index (χ0v) is 10.0. The molecule has 0 fully saturated rings. The number of hydrogen-bond donors (Lipinski definition) is 0. The number of rotatable bonds is 2. The largest absolute Gasteiger partial charge is 0.465 e. The smallest absolute Gasteiger partial charge is 0.348 e. The summed E-state index contributed by atoms with van der Waals surface area (Å²) in [7, 11) is 1.40. The van der Waals surface area contributed by atoms with E-state index in [1.54, 1.807) is 0 Å². The summed E-state index contributed by atoms with van der Waals surface area (Å²) >= 11 is 1.41. The van der Waals surface area contributed by atoms with Crippen molar-refractivity contribution in [3.05, 3.63) is 46.2 Å². The van der Waals surface area contributed by atoms with Crippen LogP contribution in [0.4, 0.5) is 0 Å². The molecule has 2 nitrogen and oxygen atoms in total. The Morgan fingerprint density at radius 2 is 2.06 bits per heavy atom. The van der Waals surface area contributed by atoms with Crippen LogP contribution >= 0.6 is 11.3 Å². The van der Waals surface area contributed by atoms with Crippen molar-refractivity contribution in [3.63, 3.8) is 0 Å². The van der Waals surface area contributed by atoms with E-state index in [4.69, 9.17) is 0 Å². The van der Waals surface area contributed by atoms with Crippen molar-refractivity contribution in [2.75, 3.05) is 7.11 Å². The number of methoxy groups -OCH3 is 1. The van der Waals surface area contributed by atoms with Crippen molar-refractivity contribution >= 4 is 17.3 Å². The summed E-state index contributed by atoms with van der Waals surface area (Å²) < 4.78 is 4.68. The van der Waals surface area contributed by atoms with E-state index in [1.165, 1.54) is 24.0 Å². The van der Waals surface area contributed by atoms with E-state index in [1.807, 2.05) is 23.6 Å². The number of thiophene rings is 1. The first-order valence-corrected chi connectivity index (χ1v) is 5.82. The molecule has 0 atom stereocenters. The molecule has 3 heteroatoms. The molecule has 0 bridgehead atoms. The van der Waals surface area contributed by atoms with E-state index in [2.05, 4.69) is 23.8 Å². The number of aryl methyl sites for hydroxylation is 1. The number of ether oxygens (including phenoxy) is 1. The van der Waals surface area contributed by atoms with Crippen molar-refractivity contribution in [1.82, 2.24) is 0 Å². The molecule has 0 aliphatic carbocycles. The molecule has 0 aliphatic rings. The van der Waals surface area contributed by atoms with E-state index in [-0.39, 0.29) is 5.97 Å². The Morgan fingerprint density at radius 1 is 1.25 bits per heavy atom. The molecule has 82 valence electrons. The molecule has 1 heterocycles. The summed E-state index contributed by atoms with van der Waals surface area (Å²) in [5.74, 6) is -0.274. The summed E-state index contributed by atoms with van der Waals surface area (Å²) in [5, 5.41) is 1.97. The van der Waals surface area contributed by atoms with Gasteiger partial charge in [-0.2, -0.15) is 0 Å². The summed E-state index contributed by atoms with van der Waals surface area (Å²) in [4.78, 5) is 12.0. The molecule has 2 rings (SSSR count). The van der Waals surface area contributed by atoms with E-state index in [9.17, 15) is 4.79 Å². The highest BCUT2D eigenvalue weighted by Crippen LogP contribution is 2.26. The summed E-state index contributed by atoms with van der Waals surface area (Å²) in [6.45, 7) is 2.05. The predicted octanol–water partition coefficient (Wildman–Crippen LogP) is 3.51. The fraction of sp³-hybridized carbons (Fsp3) is 0.154. The maximum absolute atomic E-state index is 11.3. The summed E-state index contributed by atoms with van der Waals surface area (Å²) in [6.07, 6.45) is 0. The number of benzene rings is 1. The first-order chi connectivity index (χ1) is 7.70. The van der Waals surface area contributed by atoms with Gasteiger partial charge in [-0.3, -0.25) is 0 Å². The first kappa shape index (κ1) is 10.9. The van der Waals surface area contributed by atoms with Gasteiger partial charge in [-0.15, -0.1) is 11.3 Å². The molecular weight excluding hydrogens is 220 g/mol. The van der Waals surface area contributed by atoms with Crippen molar-refractivity contribution in [1.29, 1.82) is 0 Å². The second kappa shape index (κ2) is 4.49. The maximum Gasteiger partial charge on any atom is 0.348 e. The van der Waals surface area contributed by atoms with Crippen LogP contribution in [0, 0.1) is 6.92 Å². The van der Waals surface area contributed by atoms with Gasteiger partial charge in [0.1, 0.15) is 4.88 Å². The van der Waals surface area contributed by atoms with Crippen LogP contribution in [0.2, 0.25) is 0 Å². The van der Waals surface area contributed by atoms with Crippen molar-refractivity contribution in [3.8, 4) is 11.1 Å². The van der Waals surface area contributed by atoms with Gasteiger partial charge in [0.2, 0.25) is 0 Å². The minimum absolute atomic E-state index is 0.274. The van der Waals surface area contributed by atoms with Gasteiger partial charge in [0.05, 0.1) is 7.11 Å². The van der Waals surface area contributed by atoms with Gasteiger partial charge in [-0.1, -0.05) is 29.8 Å². The SMILES string of the molecule is COC(=O)c1cc(-c2cccc(C)c2)cs1. The van der Waals surface area contributed by atoms with Gasteiger partial charge >= 0.3 is 5.97 Å². The molecule has 0 aliphatic heterocycles. The van der Waals surface area contributed by atoms with Crippen LogP contribution in [0.25, 0.3) is 11.1 Å². The minimum atomic E-state index is -0.274. The monoisotopic (exact) mass is 232 g/mol. The molecule has 0 unspecified atom stereocenters. The third-order valence-corrected chi connectivity index (χ3v) is 3.25. The molecule has 0 saturated carbocycles. The molecule has 2 aromatic rings. The molecule has 0 amide bonds. The average Bonchev–Trinajstić information content (AvgIpc) is 2.77. The van der Waals surface area contributed by atoms with E-state index in [0.717, 1.165) is 11.1 Å². The van der Waals surface area contributed by atoms with Gasteiger partial charge in [0.25, 0.3) is 0 Å². The predicted molar refractivity (Wildman–Crippen MR) is 65.8 cm³/mol. The number of esters is 1. The third kappa shape index (κ3) is 2.14. The Morgan fingerprint density at radius 3 is 2.75 bits per heavy atom. The highest BCUT2D eigenvalue weighted by atomic mass is 32.1. The van der Waals surface area contributed by atoms with E-state index < -0.39 is 0 Å². The zero-order chi connectivity index (χ0) is 11.5. The number of carbonyl (C=O) groups excluding carboxylic acids is 1. The average molecular weight is 232 g/mol. The van der Waals surface area contributed by atoms with Gasteiger partial charge < -0.3 is 4.74 Å². The van der Waals surface area contributed by atoms with Crippen LogP contribution in [0.3, 0.4) is 0 Å². The molecule has 0 spiro atoms. The van der Waals surface area contributed by atoms with Crippen LogP contribution in [0.15, 0.2) is 35.7 Å². The van der Waals surface area contributed by atoms with Crippen LogP contribution in [-0.4, -0.2) is 13.1 Å². The maximum atomic E-state index is 11.3. The molecular formula is C13H12O2S. The standard InChI is InChI=1S/C13H12O2S/c1-9-4-3-5-10(6-9)11-7-12(16-8-11)13(14)15-2/h3-8H,1-2H3. The molecule has 1 aromatic heterocycles. The van der Waals surface area contributed by atoms with Crippen LogP contribution in [0.5, 0.6) is 0 Å². The number of carbonyl (C=O) groups is 1.